The van der Waals surface area contributed by atoms with Crippen molar-refractivity contribution < 1.29 is 17.6 Å². The molecule has 1 atom stereocenters. The van der Waals surface area contributed by atoms with Crippen LogP contribution in [0.3, 0.4) is 0 Å². The van der Waals surface area contributed by atoms with Gasteiger partial charge in [-0.05, 0) is 38.0 Å². The number of hydrogen-bond donors (Lipinski definition) is 1. The minimum atomic E-state index is -4.17. The molecule has 142 valence electrons. The van der Waals surface area contributed by atoms with Crippen molar-refractivity contribution in [2.75, 3.05) is 11.4 Å². The van der Waals surface area contributed by atoms with Crippen LogP contribution < -0.4 is 9.62 Å². The fraction of sp³-hybridized carbons (Fsp3) is 0.353. The number of hydrogen-bond acceptors (Lipinski definition) is 5. The molecule has 0 aliphatic carbocycles. The van der Waals surface area contributed by atoms with Crippen molar-refractivity contribution in [1.29, 1.82) is 5.26 Å². The number of aromatic nitrogens is 2. The van der Waals surface area contributed by atoms with Gasteiger partial charge in [-0.1, -0.05) is 0 Å². The zero-order valence-corrected chi connectivity index (χ0v) is 15.6. The number of rotatable bonds is 4. The molecule has 2 heterocycles. The highest BCUT2D eigenvalue weighted by molar-refractivity contribution is 7.89. The topological polar surface area (TPSA) is 108 Å². The minimum absolute atomic E-state index is 0.315. The smallest absolute Gasteiger partial charge is 0.246 e. The fourth-order valence-corrected chi connectivity index (χ4v) is 4.50. The van der Waals surface area contributed by atoms with Crippen molar-refractivity contribution in [1.82, 2.24) is 14.5 Å². The summed E-state index contributed by atoms with van der Waals surface area (Å²) in [6.45, 7) is 2.26. The Bertz CT molecular complexity index is 1040. The normalized spacial score (nSPS) is 17.8. The van der Waals surface area contributed by atoms with E-state index in [9.17, 15) is 17.6 Å². The Morgan fingerprint density at radius 1 is 1.37 bits per heavy atom. The molecule has 1 N–H and O–H groups in total. The summed E-state index contributed by atoms with van der Waals surface area (Å²) in [5, 5.41) is 13.3. The molecule has 10 heteroatoms. The molecule has 0 spiro atoms. The highest BCUT2D eigenvalue weighted by Crippen LogP contribution is 2.23. The number of benzene rings is 1. The second kappa shape index (κ2) is 7.09. The Hall–Kier alpha value is -2.77. The monoisotopic (exact) mass is 391 g/mol. The lowest BCUT2D eigenvalue weighted by Crippen LogP contribution is -2.52. The maximum Gasteiger partial charge on any atom is 0.246 e. The number of carbonyl (C=O) groups is 1. The van der Waals surface area contributed by atoms with E-state index >= 15 is 0 Å². The molecule has 1 amide bonds. The Kier molecular flexibility index (Phi) is 4.99. The molecule has 1 fully saturated rings. The van der Waals surface area contributed by atoms with Gasteiger partial charge in [0.25, 0.3) is 0 Å². The predicted molar refractivity (Wildman–Crippen MR) is 94.8 cm³/mol. The highest BCUT2D eigenvalue weighted by atomic mass is 32.2. The van der Waals surface area contributed by atoms with Crippen LogP contribution in [0.1, 0.15) is 24.1 Å². The van der Waals surface area contributed by atoms with Crippen molar-refractivity contribution in [3.63, 3.8) is 0 Å². The number of nitrogens with one attached hydrogen (secondary N) is 1. The van der Waals surface area contributed by atoms with Gasteiger partial charge in [0.15, 0.2) is 0 Å². The van der Waals surface area contributed by atoms with Crippen molar-refractivity contribution in [3.8, 4) is 6.07 Å². The summed E-state index contributed by atoms with van der Waals surface area (Å²) in [4.78, 5) is 14.0. The molecule has 0 bridgehead atoms. The summed E-state index contributed by atoms with van der Waals surface area (Å²) < 4.78 is 42.6. The molecular formula is C17H18FN5O3S. The Balaban J connectivity index is 1.88. The molecular weight excluding hydrogens is 373 g/mol. The first kappa shape index (κ1) is 19.0. The van der Waals surface area contributed by atoms with E-state index in [0.717, 1.165) is 23.9 Å². The zero-order valence-electron chi connectivity index (χ0n) is 14.8. The van der Waals surface area contributed by atoms with Crippen LogP contribution in [-0.2, 0) is 21.9 Å². The van der Waals surface area contributed by atoms with Crippen LogP contribution in [0.4, 0.5) is 10.2 Å². The second-order valence-electron chi connectivity index (χ2n) is 6.33. The van der Waals surface area contributed by atoms with Gasteiger partial charge in [-0.25, -0.2) is 12.8 Å². The molecule has 0 unspecified atom stereocenters. The first-order valence-electron chi connectivity index (χ1n) is 8.27. The van der Waals surface area contributed by atoms with Crippen LogP contribution in [0.5, 0.6) is 0 Å². The third-order valence-corrected chi connectivity index (χ3v) is 5.87. The van der Waals surface area contributed by atoms with E-state index in [1.807, 2.05) is 0 Å². The third-order valence-electron chi connectivity index (χ3n) is 4.34. The number of aryl methyl sites for hydroxylation is 2. The van der Waals surface area contributed by atoms with Crippen LogP contribution in [0.25, 0.3) is 0 Å². The molecule has 8 nitrogen and oxygen atoms in total. The number of piperidine rings is 1. The molecule has 1 aliphatic heterocycles. The van der Waals surface area contributed by atoms with Gasteiger partial charge in [-0.3, -0.25) is 14.4 Å². The van der Waals surface area contributed by atoms with E-state index in [0.29, 0.717) is 25.2 Å². The summed E-state index contributed by atoms with van der Waals surface area (Å²) in [6.07, 6.45) is 0.923. The summed E-state index contributed by atoms with van der Waals surface area (Å²) in [5.74, 6) is -0.522. The number of nitrogens with zero attached hydrogens (tertiary/aromatic N) is 4. The number of amides is 1. The predicted octanol–water partition coefficient (Wildman–Crippen LogP) is 1.21. The lowest BCUT2D eigenvalue weighted by molar-refractivity contribution is -0.121. The summed E-state index contributed by atoms with van der Waals surface area (Å²) in [5.41, 5.74) is 0.429. The van der Waals surface area contributed by atoms with Crippen LogP contribution in [-0.4, -0.2) is 36.7 Å². The lowest BCUT2D eigenvalue weighted by Gasteiger charge is -2.32. The maximum atomic E-state index is 13.3. The Morgan fingerprint density at radius 3 is 2.74 bits per heavy atom. The van der Waals surface area contributed by atoms with Crippen LogP contribution in [0.15, 0.2) is 29.2 Å². The van der Waals surface area contributed by atoms with Crippen molar-refractivity contribution >= 4 is 21.7 Å². The highest BCUT2D eigenvalue weighted by Gasteiger charge is 2.35. The van der Waals surface area contributed by atoms with Crippen LogP contribution in [0.2, 0.25) is 0 Å². The quantitative estimate of drug-likeness (QED) is 0.843. The maximum absolute atomic E-state index is 13.3. The molecule has 2 aromatic rings. The molecule has 1 saturated heterocycles. The zero-order chi connectivity index (χ0) is 19.8. The Labute approximate surface area is 156 Å². The summed E-state index contributed by atoms with van der Waals surface area (Å²) in [7, 11) is -2.46. The summed E-state index contributed by atoms with van der Waals surface area (Å²) in [6, 6.07) is 5.28. The van der Waals surface area contributed by atoms with Crippen molar-refractivity contribution in [2.45, 2.75) is 30.7 Å². The number of anilines is 1. The first-order chi connectivity index (χ1) is 12.7. The van der Waals surface area contributed by atoms with Gasteiger partial charge in [-0.2, -0.15) is 15.1 Å². The molecule has 1 aromatic heterocycles. The molecule has 1 aromatic carbocycles. The van der Waals surface area contributed by atoms with E-state index in [2.05, 4.69) is 9.82 Å². The lowest BCUT2D eigenvalue weighted by atomic mass is 10.1. The second-order valence-corrected chi connectivity index (χ2v) is 8.01. The third kappa shape index (κ3) is 3.70. The Morgan fingerprint density at radius 2 is 2.11 bits per heavy atom. The first-order valence-corrected chi connectivity index (χ1v) is 9.75. The van der Waals surface area contributed by atoms with E-state index in [4.69, 9.17) is 5.26 Å². The van der Waals surface area contributed by atoms with E-state index in [1.54, 1.807) is 30.8 Å². The molecule has 27 heavy (non-hydrogen) atoms. The van der Waals surface area contributed by atoms with Gasteiger partial charge in [-0.15, -0.1) is 0 Å². The fourth-order valence-electron chi connectivity index (χ4n) is 3.14. The van der Waals surface area contributed by atoms with E-state index < -0.39 is 27.8 Å². The number of sulfonamides is 1. The van der Waals surface area contributed by atoms with Gasteiger partial charge >= 0.3 is 0 Å². The SMILES string of the molecule is Cc1cc(N2CCC[C@@H](NS(=O)(=O)c3ccc(F)cc3C#N)C2=O)n(C)n1. The standard InChI is InChI=1S/C17H18FN5O3S/c1-11-8-16(22(2)20-11)23-7-3-4-14(17(23)24)21-27(25,26)15-6-5-13(18)9-12(15)10-19/h5-6,8-9,14,21H,3-4,7H2,1-2H3/t14-/m1/s1. The average molecular weight is 391 g/mol. The van der Waals surface area contributed by atoms with Crippen molar-refractivity contribution in [3.05, 3.63) is 41.3 Å². The van der Waals surface area contributed by atoms with Crippen LogP contribution >= 0.6 is 0 Å². The number of carbonyl (C=O) groups excluding carboxylic acids is 1. The van der Waals surface area contributed by atoms with E-state index in [1.165, 1.54) is 4.90 Å². The number of halogens is 1. The summed E-state index contributed by atoms with van der Waals surface area (Å²) >= 11 is 0. The van der Waals surface area contributed by atoms with Gasteiger partial charge in [0, 0.05) is 19.7 Å². The van der Waals surface area contributed by atoms with Gasteiger partial charge in [0.05, 0.1) is 16.2 Å². The molecule has 3 rings (SSSR count). The van der Waals surface area contributed by atoms with E-state index in [-0.39, 0.29) is 10.5 Å². The van der Waals surface area contributed by atoms with Gasteiger partial charge < -0.3 is 0 Å². The van der Waals surface area contributed by atoms with Crippen LogP contribution in [0, 0.1) is 24.1 Å². The molecule has 1 aliphatic rings. The minimum Gasteiger partial charge on any atom is -0.296 e. The molecule has 0 radical (unpaired) electrons. The number of nitriles is 1. The largest absolute Gasteiger partial charge is 0.296 e. The van der Waals surface area contributed by atoms with Gasteiger partial charge in [0.1, 0.15) is 23.7 Å². The molecule has 0 saturated carbocycles. The average Bonchev–Trinajstić information content (AvgIpc) is 2.94. The van der Waals surface area contributed by atoms with Gasteiger partial charge in [0.2, 0.25) is 15.9 Å². The van der Waals surface area contributed by atoms with Crippen molar-refractivity contribution in [2.24, 2.45) is 7.05 Å².